The van der Waals surface area contributed by atoms with E-state index in [0.29, 0.717) is 0 Å². The summed E-state index contributed by atoms with van der Waals surface area (Å²) in [4.78, 5) is 2.72. The molecule has 2 rings (SSSR count). The predicted octanol–water partition coefficient (Wildman–Crippen LogP) is 1.61. The van der Waals surface area contributed by atoms with Crippen LogP contribution < -0.4 is 5.32 Å². The molecule has 0 saturated carbocycles. The third-order valence-corrected chi connectivity index (χ3v) is 3.60. The monoisotopic (exact) mass is 182 g/mol. The van der Waals surface area contributed by atoms with Gasteiger partial charge in [-0.2, -0.15) is 0 Å². The van der Waals surface area contributed by atoms with Gasteiger partial charge in [0.1, 0.15) is 0 Å². The lowest BCUT2D eigenvalue weighted by Crippen LogP contribution is -2.49. The maximum atomic E-state index is 3.69. The highest BCUT2D eigenvalue weighted by atomic mass is 15.2. The molecule has 0 aromatic heterocycles. The van der Waals surface area contributed by atoms with Crippen molar-refractivity contribution < 1.29 is 0 Å². The van der Waals surface area contributed by atoms with E-state index >= 15 is 0 Å². The topological polar surface area (TPSA) is 15.3 Å². The highest BCUT2D eigenvalue weighted by Gasteiger charge is 2.29. The molecule has 0 aliphatic carbocycles. The van der Waals surface area contributed by atoms with E-state index in [0.717, 1.165) is 12.1 Å². The zero-order chi connectivity index (χ0) is 9.10. The standard InChI is InChI=1S/C11H22N2/c1-2-10-11-6-3-4-8-13(11)9-5-7-12-10/h10-12H,2-9H2,1H3. The Hall–Kier alpha value is -0.0800. The van der Waals surface area contributed by atoms with E-state index in [-0.39, 0.29) is 0 Å². The molecular formula is C11H22N2. The molecule has 0 aromatic carbocycles. The third-order valence-electron chi connectivity index (χ3n) is 3.60. The number of nitrogens with one attached hydrogen (secondary N) is 1. The predicted molar refractivity (Wildman–Crippen MR) is 55.9 cm³/mol. The quantitative estimate of drug-likeness (QED) is 0.663. The summed E-state index contributed by atoms with van der Waals surface area (Å²) in [5.74, 6) is 0. The molecule has 2 fully saturated rings. The van der Waals surface area contributed by atoms with Gasteiger partial charge in [-0.05, 0) is 45.3 Å². The Kier molecular flexibility index (Phi) is 3.23. The number of rotatable bonds is 1. The summed E-state index contributed by atoms with van der Waals surface area (Å²) in [5.41, 5.74) is 0. The summed E-state index contributed by atoms with van der Waals surface area (Å²) in [5, 5.41) is 3.69. The molecule has 2 heteroatoms. The van der Waals surface area contributed by atoms with Crippen LogP contribution in [0.5, 0.6) is 0 Å². The summed E-state index contributed by atoms with van der Waals surface area (Å²) in [6.07, 6.45) is 6.92. The minimum atomic E-state index is 0.766. The van der Waals surface area contributed by atoms with Crippen LogP contribution >= 0.6 is 0 Å². The van der Waals surface area contributed by atoms with E-state index in [1.807, 2.05) is 0 Å². The molecule has 2 aliphatic heterocycles. The van der Waals surface area contributed by atoms with Crippen LogP contribution in [0.3, 0.4) is 0 Å². The van der Waals surface area contributed by atoms with E-state index in [4.69, 9.17) is 0 Å². The molecule has 2 aliphatic rings. The van der Waals surface area contributed by atoms with Crippen molar-refractivity contribution in [3.05, 3.63) is 0 Å². The molecule has 0 bridgehead atoms. The van der Waals surface area contributed by atoms with Gasteiger partial charge >= 0.3 is 0 Å². The van der Waals surface area contributed by atoms with Crippen molar-refractivity contribution >= 4 is 0 Å². The summed E-state index contributed by atoms with van der Waals surface area (Å²) in [7, 11) is 0. The summed E-state index contributed by atoms with van der Waals surface area (Å²) in [6.45, 7) is 6.22. The van der Waals surface area contributed by atoms with Gasteiger partial charge in [-0.25, -0.2) is 0 Å². The summed E-state index contributed by atoms with van der Waals surface area (Å²) in [6, 6.07) is 1.61. The van der Waals surface area contributed by atoms with Gasteiger partial charge in [-0.15, -0.1) is 0 Å². The molecule has 0 spiro atoms. The van der Waals surface area contributed by atoms with Crippen LogP contribution in [0.4, 0.5) is 0 Å². The Morgan fingerprint density at radius 2 is 2.08 bits per heavy atom. The molecule has 76 valence electrons. The minimum absolute atomic E-state index is 0.766. The molecule has 0 radical (unpaired) electrons. The van der Waals surface area contributed by atoms with E-state index in [1.54, 1.807) is 0 Å². The number of hydrogen-bond acceptors (Lipinski definition) is 2. The Morgan fingerprint density at radius 1 is 1.23 bits per heavy atom. The van der Waals surface area contributed by atoms with Gasteiger partial charge in [-0.1, -0.05) is 13.3 Å². The van der Waals surface area contributed by atoms with Gasteiger partial charge in [0.15, 0.2) is 0 Å². The first-order valence-corrected chi connectivity index (χ1v) is 5.89. The van der Waals surface area contributed by atoms with E-state index in [1.165, 1.54) is 51.7 Å². The lowest BCUT2D eigenvalue weighted by molar-refractivity contribution is 0.130. The Balaban J connectivity index is 2.02. The first-order valence-electron chi connectivity index (χ1n) is 5.89. The first-order chi connectivity index (χ1) is 6.42. The second-order valence-electron chi connectivity index (χ2n) is 4.42. The molecule has 2 unspecified atom stereocenters. The average Bonchev–Trinajstić information content (AvgIpc) is 2.39. The zero-order valence-electron chi connectivity index (χ0n) is 8.76. The van der Waals surface area contributed by atoms with Crippen molar-refractivity contribution in [3.63, 3.8) is 0 Å². The van der Waals surface area contributed by atoms with E-state index < -0.39 is 0 Å². The van der Waals surface area contributed by atoms with Crippen molar-refractivity contribution in [1.82, 2.24) is 10.2 Å². The van der Waals surface area contributed by atoms with Crippen LogP contribution in [0.2, 0.25) is 0 Å². The lowest BCUT2D eigenvalue weighted by atomic mass is 9.94. The Morgan fingerprint density at radius 3 is 2.92 bits per heavy atom. The average molecular weight is 182 g/mol. The lowest BCUT2D eigenvalue weighted by Gasteiger charge is -2.38. The van der Waals surface area contributed by atoms with Crippen molar-refractivity contribution in [3.8, 4) is 0 Å². The fourth-order valence-electron chi connectivity index (χ4n) is 2.87. The summed E-state index contributed by atoms with van der Waals surface area (Å²) >= 11 is 0. The Labute approximate surface area is 81.7 Å². The highest BCUT2D eigenvalue weighted by molar-refractivity contribution is 4.88. The summed E-state index contributed by atoms with van der Waals surface area (Å²) < 4.78 is 0. The van der Waals surface area contributed by atoms with Gasteiger partial charge in [-0.3, -0.25) is 4.90 Å². The van der Waals surface area contributed by atoms with Crippen molar-refractivity contribution in [2.24, 2.45) is 0 Å². The van der Waals surface area contributed by atoms with Gasteiger partial charge in [0, 0.05) is 12.1 Å². The molecule has 0 amide bonds. The smallest absolute Gasteiger partial charge is 0.0249 e. The van der Waals surface area contributed by atoms with Crippen molar-refractivity contribution in [2.45, 2.75) is 51.1 Å². The molecule has 2 saturated heterocycles. The molecule has 13 heavy (non-hydrogen) atoms. The zero-order valence-corrected chi connectivity index (χ0v) is 8.76. The Bertz CT molecular complexity index is 150. The molecular weight excluding hydrogens is 160 g/mol. The van der Waals surface area contributed by atoms with Gasteiger partial charge in [0.25, 0.3) is 0 Å². The largest absolute Gasteiger partial charge is 0.312 e. The highest BCUT2D eigenvalue weighted by Crippen LogP contribution is 2.22. The van der Waals surface area contributed by atoms with Crippen molar-refractivity contribution in [1.29, 1.82) is 0 Å². The van der Waals surface area contributed by atoms with Crippen molar-refractivity contribution in [2.75, 3.05) is 19.6 Å². The van der Waals surface area contributed by atoms with Gasteiger partial charge < -0.3 is 5.32 Å². The van der Waals surface area contributed by atoms with Gasteiger partial charge in [0.05, 0.1) is 0 Å². The fourth-order valence-corrected chi connectivity index (χ4v) is 2.87. The minimum Gasteiger partial charge on any atom is -0.312 e. The van der Waals surface area contributed by atoms with Crippen LogP contribution in [0.1, 0.15) is 39.0 Å². The van der Waals surface area contributed by atoms with Crippen LogP contribution in [0.15, 0.2) is 0 Å². The molecule has 2 heterocycles. The second kappa shape index (κ2) is 4.43. The molecule has 2 nitrogen and oxygen atoms in total. The molecule has 1 N–H and O–H groups in total. The van der Waals surface area contributed by atoms with E-state index in [9.17, 15) is 0 Å². The number of fused-ring (bicyclic) bond motifs is 1. The van der Waals surface area contributed by atoms with Gasteiger partial charge in [0.2, 0.25) is 0 Å². The number of nitrogens with zero attached hydrogens (tertiary/aromatic N) is 1. The van der Waals surface area contributed by atoms with Crippen LogP contribution in [0.25, 0.3) is 0 Å². The third kappa shape index (κ3) is 2.05. The number of hydrogen-bond donors (Lipinski definition) is 1. The molecule has 0 aromatic rings. The fraction of sp³-hybridized carbons (Fsp3) is 1.00. The van der Waals surface area contributed by atoms with E-state index in [2.05, 4.69) is 17.1 Å². The second-order valence-corrected chi connectivity index (χ2v) is 4.42. The maximum Gasteiger partial charge on any atom is 0.0249 e. The van der Waals surface area contributed by atoms with Crippen LogP contribution in [-0.4, -0.2) is 36.6 Å². The normalized spacial score (nSPS) is 36.7. The SMILES string of the molecule is CCC1NCCCN2CCCCC12. The first kappa shape index (κ1) is 9.47. The van der Waals surface area contributed by atoms with Crippen LogP contribution in [0, 0.1) is 0 Å². The van der Waals surface area contributed by atoms with Crippen LogP contribution in [-0.2, 0) is 0 Å². The maximum absolute atomic E-state index is 3.69. The number of piperidine rings is 1. The molecule has 2 atom stereocenters.